The molecule has 1 aliphatic heterocycles. The lowest BCUT2D eigenvalue weighted by molar-refractivity contribution is 0.477. The molecular weight excluding hydrogens is 460 g/mol. The number of fused-ring (bicyclic) bond motifs is 1. The monoisotopic (exact) mass is 488 g/mol. The molecule has 0 amide bonds. The molecule has 4 aromatic rings. The second kappa shape index (κ2) is 10.4. The second-order valence-corrected chi connectivity index (χ2v) is 10.5. The van der Waals surface area contributed by atoms with Gasteiger partial charge in [-0.25, -0.2) is 13.4 Å². The van der Waals surface area contributed by atoms with E-state index in [0.717, 1.165) is 41.5 Å². The van der Waals surface area contributed by atoms with E-state index in [1.807, 2.05) is 30.3 Å². The van der Waals surface area contributed by atoms with E-state index in [4.69, 9.17) is 0 Å². The number of hydrogen-bond acceptors (Lipinski definition) is 7. The molecular formula is C26H28N6O2S. The Labute approximate surface area is 205 Å². The lowest BCUT2D eigenvalue weighted by atomic mass is 10.0. The molecule has 0 spiro atoms. The van der Waals surface area contributed by atoms with Crippen molar-refractivity contribution in [2.24, 2.45) is 0 Å². The second-order valence-electron chi connectivity index (χ2n) is 8.55. The smallest absolute Gasteiger partial charge is 0.244 e. The van der Waals surface area contributed by atoms with Crippen LogP contribution in [0.25, 0.3) is 10.8 Å². The first-order valence-electron chi connectivity index (χ1n) is 11.8. The first-order chi connectivity index (χ1) is 17.1. The minimum absolute atomic E-state index is 0.236. The van der Waals surface area contributed by atoms with Gasteiger partial charge in [-0.3, -0.25) is 0 Å². The molecule has 2 aromatic heterocycles. The fraction of sp³-hybridized carbons (Fsp3) is 0.269. The van der Waals surface area contributed by atoms with Crippen LogP contribution in [-0.2, 0) is 16.4 Å². The molecule has 0 saturated carbocycles. The van der Waals surface area contributed by atoms with E-state index in [1.165, 1.54) is 16.1 Å². The SMILES string of the molecule is O=S(=O)(c1ccc(NCCNc2nnc(Cc3ccccc3)c3ccccc23)nc1)N1CCCC1. The largest absolute Gasteiger partial charge is 0.368 e. The molecule has 2 aromatic carbocycles. The Bertz CT molecular complexity index is 1390. The summed E-state index contributed by atoms with van der Waals surface area (Å²) in [4.78, 5) is 4.53. The van der Waals surface area contributed by atoms with Gasteiger partial charge in [0, 0.05) is 49.6 Å². The number of rotatable bonds is 9. The van der Waals surface area contributed by atoms with Crippen LogP contribution in [0.5, 0.6) is 0 Å². The summed E-state index contributed by atoms with van der Waals surface area (Å²) in [6, 6.07) is 21.7. The van der Waals surface area contributed by atoms with Gasteiger partial charge in [0.15, 0.2) is 5.82 Å². The van der Waals surface area contributed by atoms with Crippen LogP contribution in [0.3, 0.4) is 0 Å². The Hall–Kier alpha value is -3.56. The van der Waals surface area contributed by atoms with Crippen molar-refractivity contribution in [1.82, 2.24) is 19.5 Å². The van der Waals surface area contributed by atoms with E-state index in [0.29, 0.717) is 32.0 Å². The summed E-state index contributed by atoms with van der Waals surface area (Å²) >= 11 is 0. The van der Waals surface area contributed by atoms with Crippen molar-refractivity contribution >= 4 is 32.4 Å². The van der Waals surface area contributed by atoms with Crippen LogP contribution in [0.4, 0.5) is 11.6 Å². The number of hydrogen-bond donors (Lipinski definition) is 2. The summed E-state index contributed by atoms with van der Waals surface area (Å²) in [6.45, 7) is 2.36. The van der Waals surface area contributed by atoms with Gasteiger partial charge in [-0.1, -0.05) is 54.6 Å². The normalized spacial score (nSPS) is 14.3. The van der Waals surface area contributed by atoms with Crippen LogP contribution >= 0.6 is 0 Å². The average Bonchev–Trinajstić information content (AvgIpc) is 3.45. The van der Waals surface area contributed by atoms with E-state index in [-0.39, 0.29) is 4.90 Å². The predicted octanol–water partition coefficient (Wildman–Crippen LogP) is 3.92. The van der Waals surface area contributed by atoms with Crippen LogP contribution in [0, 0.1) is 0 Å². The van der Waals surface area contributed by atoms with E-state index < -0.39 is 10.0 Å². The van der Waals surface area contributed by atoms with Gasteiger partial charge in [0.05, 0.1) is 5.69 Å². The minimum atomic E-state index is -3.45. The van der Waals surface area contributed by atoms with Gasteiger partial charge in [-0.2, -0.15) is 9.40 Å². The fourth-order valence-electron chi connectivity index (χ4n) is 4.30. The standard InChI is InChI=1S/C26H28N6O2S/c33-35(34,32-16-6-7-17-32)21-12-13-25(29-19-21)27-14-15-28-26-23-11-5-4-10-22(23)24(30-31-26)18-20-8-2-1-3-9-20/h1-5,8-13,19H,6-7,14-18H2,(H,27,29)(H,28,31). The molecule has 1 fully saturated rings. The molecule has 0 bridgehead atoms. The molecule has 5 rings (SSSR count). The number of anilines is 2. The van der Waals surface area contributed by atoms with Gasteiger partial charge >= 0.3 is 0 Å². The topological polar surface area (TPSA) is 100 Å². The van der Waals surface area contributed by atoms with Crippen LogP contribution in [0.1, 0.15) is 24.1 Å². The van der Waals surface area contributed by atoms with Crippen molar-refractivity contribution in [2.75, 3.05) is 36.8 Å². The summed E-state index contributed by atoms with van der Waals surface area (Å²) in [7, 11) is -3.45. The van der Waals surface area contributed by atoms with E-state index in [1.54, 1.807) is 12.1 Å². The number of benzene rings is 2. The van der Waals surface area contributed by atoms with Crippen molar-refractivity contribution in [1.29, 1.82) is 0 Å². The lowest BCUT2D eigenvalue weighted by Gasteiger charge is -2.15. The van der Waals surface area contributed by atoms with E-state index >= 15 is 0 Å². The van der Waals surface area contributed by atoms with Gasteiger partial charge in [-0.05, 0) is 30.5 Å². The van der Waals surface area contributed by atoms with Crippen LogP contribution in [0.15, 0.2) is 77.8 Å². The average molecular weight is 489 g/mol. The summed E-state index contributed by atoms with van der Waals surface area (Å²) in [5.74, 6) is 1.36. The quantitative estimate of drug-likeness (QED) is 0.344. The Morgan fingerprint density at radius 1 is 0.800 bits per heavy atom. The highest BCUT2D eigenvalue weighted by molar-refractivity contribution is 7.89. The predicted molar refractivity (Wildman–Crippen MR) is 138 cm³/mol. The Morgan fingerprint density at radius 2 is 1.51 bits per heavy atom. The number of aromatic nitrogens is 3. The molecule has 3 heterocycles. The number of nitrogens with one attached hydrogen (secondary N) is 2. The van der Waals surface area contributed by atoms with Crippen LogP contribution in [-0.4, -0.2) is 54.1 Å². The Balaban J connectivity index is 1.20. The highest BCUT2D eigenvalue weighted by Gasteiger charge is 2.27. The maximum atomic E-state index is 12.6. The third-order valence-corrected chi connectivity index (χ3v) is 8.02. The molecule has 2 N–H and O–H groups in total. The van der Waals surface area contributed by atoms with Gasteiger partial charge in [0.25, 0.3) is 0 Å². The first kappa shape index (κ1) is 23.2. The van der Waals surface area contributed by atoms with Crippen molar-refractivity contribution in [3.8, 4) is 0 Å². The lowest BCUT2D eigenvalue weighted by Crippen LogP contribution is -2.28. The molecule has 9 heteroatoms. The zero-order chi connectivity index (χ0) is 24.1. The fourth-order valence-corrected chi connectivity index (χ4v) is 5.76. The van der Waals surface area contributed by atoms with Crippen molar-refractivity contribution in [3.63, 3.8) is 0 Å². The maximum absolute atomic E-state index is 12.6. The van der Waals surface area contributed by atoms with Crippen molar-refractivity contribution in [3.05, 3.63) is 84.2 Å². The zero-order valence-electron chi connectivity index (χ0n) is 19.4. The molecule has 0 atom stereocenters. The summed E-state index contributed by atoms with van der Waals surface area (Å²) in [5.41, 5.74) is 2.15. The van der Waals surface area contributed by atoms with Gasteiger partial charge in [-0.15, -0.1) is 5.10 Å². The molecule has 1 aliphatic rings. The zero-order valence-corrected chi connectivity index (χ0v) is 20.2. The number of pyridine rings is 1. The third kappa shape index (κ3) is 5.26. The molecule has 8 nitrogen and oxygen atoms in total. The van der Waals surface area contributed by atoms with Crippen molar-refractivity contribution < 1.29 is 8.42 Å². The van der Waals surface area contributed by atoms with Gasteiger partial charge in [0.2, 0.25) is 10.0 Å². The Morgan fingerprint density at radius 3 is 2.26 bits per heavy atom. The van der Waals surface area contributed by atoms with Crippen LogP contribution in [0.2, 0.25) is 0 Å². The molecule has 0 radical (unpaired) electrons. The summed E-state index contributed by atoms with van der Waals surface area (Å²) in [6.07, 6.45) is 3.97. The first-order valence-corrected chi connectivity index (χ1v) is 13.3. The third-order valence-electron chi connectivity index (χ3n) is 6.14. The molecule has 0 aliphatic carbocycles. The van der Waals surface area contributed by atoms with Crippen LogP contribution < -0.4 is 10.6 Å². The van der Waals surface area contributed by atoms with Gasteiger partial charge < -0.3 is 10.6 Å². The summed E-state index contributed by atoms with van der Waals surface area (Å²) < 4.78 is 26.8. The van der Waals surface area contributed by atoms with E-state index in [9.17, 15) is 8.42 Å². The molecule has 180 valence electrons. The summed E-state index contributed by atoms with van der Waals surface area (Å²) in [5, 5.41) is 17.6. The number of sulfonamides is 1. The highest BCUT2D eigenvalue weighted by atomic mass is 32.2. The molecule has 1 saturated heterocycles. The van der Waals surface area contributed by atoms with Crippen molar-refractivity contribution in [2.45, 2.75) is 24.2 Å². The maximum Gasteiger partial charge on any atom is 0.244 e. The van der Waals surface area contributed by atoms with E-state index in [2.05, 4.69) is 50.1 Å². The van der Waals surface area contributed by atoms with Gasteiger partial charge in [0.1, 0.15) is 10.7 Å². The highest BCUT2D eigenvalue weighted by Crippen LogP contribution is 2.24. The molecule has 35 heavy (non-hydrogen) atoms. The Kier molecular flexibility index (Phi) is 6.87. The molecule has 0 unspecified atom stereocenters. The number of nitrogens with zero attached hydrogens (tertiary/aromatic N) is 4. The minimum Gasteiger partial charge on any atom is -0.368 e.